The van der Waals surface area contributed by atoms with Crippen molar-refractivity contribution >= 4 is 35.3 Å². The highest BCUT2D eigenvalue weighted by Crippen LogP contribution is 2.39. The third kappa shape index (κ3) is 4.95. The van der Waals surface area contributed by atoms with Gasteiger partial charge in [0.25, 0.3) is 11.8 Å². The fourth-order valence-electron chi connectivity index (χ4n) is 2.76. The highest BCUT2D eigenvalue weighted by Gasteiger charge is 2.22. The van der Waals surface area contributed by atoms with Crippen LogP contribution in [-0.2, 0) is 4.79 Å². The van der Waals surface area contributed by atoms with Crippen molar-refractivity contribution in [2.45, 2.75) is 25.2 Å². The lowest BCUT2D eigenvalue weighted by molar-refractivity contribution is -0.112. The summed E-state index contributed by atoms with van der Waals surface area (Å²) in [4.78, 5) is 26.3. The van der Waals surface area contributed by atoms with E-state index in [0.29, 0.717) is 28.6 Å². The van der Waals surface area contributed by atoms with Gasteiger partial charge in [-0.25, -0.2) is 0 Å². The van der Waals surface area contributed by atoms with E-state index in [2.05, 4.69) is 24.5 Å². The maximum absolute atomic E-state index is 12.5. The van der Waals surface area contributed by atoms with Gasteiger partial charge in [-0.05, 0) is 54.3 Å². The Morgan fingerprint density at radius 1 is 1.25 bits per heavy atom. The molecule has 0 atom stereocenters. The molecule has 0 saturated heterocycles. The van der Waals surface area contributed by atoms with Crippen LogP contribution in [0.15, 0.2) is 52.3 Å². The van der Waals surface area contributed by atoms with Crippen LogP contribution in [0.2, 0.25) is 0 Å². The summed E-state index contributed by atoms with van der Waals surface area (Å²) < 4.78 is 5.23. The van der Waals surface area contributed by atoms with E-state index in [1.807, 2.05) is 36.4 Å². The van der Waals surface area contributed by atoms with Crippen molar-refractivity contribution in [3.8, 4) is 5.75 Å². The van der Waals surface area contributed by atoms with Crippen LogP contribution >= 0.6 is 11.8 Å². The Morgan fingerprint density at radius 3 is 2.82 bits per heavy atom. The largest absolute Gasteiger partial charge is 0.497 e. The van der Waals surface area contributed by atoms with Crippen molar-refractivity contribution in [3.63, 3.8) is 0 Å². The molecular weight excluding hydrogens is 372 g/mol. The molecule has 1 aliphatic heterocycles. The molecule has 2 aromatic carbocycles. The van der Waals surface area contributed by atoms with Crippen molar-refractivity contribution in [1.82, 2.24) is 5.32 Å². The quantitative estimate of drug-likeness (QED) is 0.703. The van der Waals surface area contributed by atoms with Crippen LogP contribution in [0.4, 0.5) is 5.69 Å². The molecule has 0 saturated carbocycles. The van der Waals surface area contributed by atoms with E-state index in [1.165, 1.54) is 11.8 Å². The number of carbonyl (C=O) groups excluding carboxylic acids is 2. The van der Waals surface area contributed by atoms with Gasteiger partial charge in [0.15, 0.2) is 0 Å². The maximum atomic E-state index is 12.5. The molecule has 1 aliphatic rings. The number of carbonyl (C=O) groups is 2. The van der Waals surface area contributed by atoms with Crippen molar-refractivity contribution < 1.29 is 14.3 Å². The van der Waals surface area contributed by atoms with Crippen LogP contribution < -0.4 is 15.4 Å². The second-order valence-electron chi connectivity index (χ2n) is 6.99. The van der Waals surface area contributed by atoms with Gasteiger partial charge in [0.2, 0.25) is 0 Å². The van der Waals surface area contributed by atoms with Crippen molar-refractivity contribution in [2.24, 2.45) is 5.92 Å². The first-order valence-corrected chi connectivity index (χ1v) is 10.0. The molecule has 0 spiro atoms. The van der Waals surface area contributed by atoms with E-state index < -0.39 is 0 Å². The number of thioether (sulfide) groups is 1. The minimum atomic E-state index is -0.183. The molecule has 2 N–H and O–H groups in total. The smallest absolute Gasteiger partial charge is 0.262 e. The van der Waals surface area contributed by atoms with Crippen LogP contribution in [0.25, 0.3) is 6.08 Å². The highest BCUT2D eigenvalue weighted by molar-refractivity contribution is 8.04. The van der Waals surface area contributed by atoms with Crippen molar-refractivity contribution in [1.29, 1.82) is 0 Å². The summed E-state index contributed by atoms with van der Waals surface area (Å²) in [7, 11) is 1.61. The molecule has 28 heavy (non-hydrogen) atoms. The number of anilines is 1. The second-order valence-corrected chi connectivity index (χ2v) is 8.07. The van der Waals surface area contributed by atoms with Crippen LogP contribution in [0.3, 0.4) is 0 Å². The summed E-state index contributed by atoms with van der Waals surface area (Å²) in [5.41, 5.74) is 2.10. The topological polar surface area (TPSA) is 67.4 Å². The van der Waals surface area contributed by atoms with E-state index in [9.17, 15) is 9.59 Å². The van der Waals surface area contributed by atoms with Gasteiger partial charge in [-0.3, -0.25) is 9.59 Å². The number of methoxy groups -OCH3 is 1. The van der Waals surface area contributed by atoms with Crippen LogP contribution in [0.1, 0.15) is 36.2 Å². The van der Waals surface area contributed by atoms with E-state index in [0.717, 1.165) is 22.6 Å². The van der Waals surface area contributed by atoms with Gasteiger partial charge in [0.1, 0.15) is 5.75 Å². The number of benzene rings is 2. The first-order valence-electron chi connectivity index (χ1n) is 9.23. The molecule has 146 valence electrons. The van der Waals surface area contributed by atoms with Gasteiger partial charge in [0.05, 0.1) is 17.7 Å². The third-order valence-corrected chi connectivity index (χ3v) is 5.43. The Hall–Kier alpha value is -2.73. The molecule has 0 unspecified atom stereocenters. The number of nitrogens with one attached hydrogen (secondary N) is 2. The predicted octanol–water partition coefficient (Wildman–Crippen LogP) is 4.56. The SMILES string of the molecule is COc1cccc(/C=C2/Sc3ccc(C(=O)NCCC(C)C)cc3NC2=O)c1. The molecular formula is C22H24N2O3S. The van der Waals surface area contributed by atoms with Gasteiger partial charge < -0.3 is 15.4 Å². The summed E-state index contributed by atoms with van der Waals surface area (Å²) in [5.74, 6) is 0.969. The van der Waals surface area contributed by atoms with Crippen LogP contribution in [-0.4, -0.2) is 25.5 Å². The van der Waals surface area contributed by atoms with Crippen LogP contribution in [0.5, 0.6) is 5.75 Å². The number of ether oxygens (including phenoxy) is 1. The Balaban J connectivity index is 1.75. The Morgan fingerprint density at radius 2 is 2.07 bits per heavy atom. The standard InChI is InChI=1S/C22H24N2O3S/c1-14(2)9-10-23-21(25)16-7-8-19-18(13-16)24-22(26)20(28-19)12-15-5-4-6-17(11-15)27-3/h4-8,11-14H,9-10H2,1-3H3,(H,23,25)(H,24,26)/b20-12+. The fourth-order valence-corrected chi connectivity index (χ4v) is 3.69. The van der Waals surface area contributed by atoms with E-state index in [1.54, 1.807) is 19.2 Å². The zero-order valence-corrected chi connectivity index (χ0v) is 17.1. The lowest BCUT2D eigenvalue weighted by Gasteiger charge is -2.19. The molecule has 2 amide bonds. The molecule has 0 aromatic heterocycles. The van der Waals surface area contributed by atoms with Crippen molar-refractivity contribution in [2.75, 3.05) is 19.0 Å². The van der Waals surface area contributed by atoms with Gasteiger partial charge in [-0.1, -0.05) is 37.7 Å². The normalized spacial score (nSPS) is 14.6. The number of rotatable bonds is 6. The molecule has 0 radical (unpaired) electrons. The molecule has 6 heteroatoms. The fraction of sp³-hybridized carbons (Fsp3) is 0.273. The lowest BCUT2D eigenvalue weighted by atomic mass is 10.1. The Labute approximate surface area is 169 Å². The van der Waals surface area contributed by atoms with Crippen LogP contribution in [0, 0.1) is 5.92 Å². The summed E-state index contributed by atoms with van der Waals surface area (Å²) in [6.45, 7) is 4.88. The number of amides is 2. The number of fused-ring (bicyclic) bond motifs is 1. The molecule has 0 fully saturated rings. The monoisotopic (exact) mass is 396 g/mol. The Bertz CT molecular complexity index is 922. The maximum Gasteiger partial charge on any atom is 0.262 e. The van der Waals surface area contributed by atoms with E-state index in [-0.39, 0.29) is 11.8 Å². The van der Waals surface area contributed by atoms with E-state index >= 15 is 0 Å². The summed E-state index contributed by atoms with van der Waals surface area (Å²) in [5, 5.41) is 5.81. The van der Waals surface area contributed by atoms with Gasteiger partial charge in [0, 0.05) is 17.0 Å². The molecule has 1 heterocycles. The second kappa shape index (κ2) is 8.97. The minimum Gasteiger partial charge on any atom is -0.497 e. The number of hydrogen-bond donors (Lipinski definition) is 2. The average Bonchev–Trinajstić information content (AvgIpc) is 2.68. The Kier molecular flexibility index (Phi) is 6.41. The first kappa shape index (κ1) is 20.0. The predicted molar refractivity (Wildman–Crippen MR) is 114 cm³/mol. The molecule has 2 aromatic rings. The van der Waals surface area contributed by atoms with Gasteiger partial charge in [-0.15, -0.1) is 0 Å². The summed E-state index contributed by atoms with van der Waals surface area (Å²) in [6.07, 6.45) is 2.76. The zero-order chi connectivity index (χ0) is 20.1. The minimum absolute atomic E-state index is 0.125. The summed E-state index contributed by atoms with van der Waals surface area (Å²) >= 11 is 1.39. The van der Waals surface area contributed by atoms with E-state index in [4.69, 9.17) is 4.74 Å². The molecule has 3 rings (SSSR count). The molecule has 0 bridgehead atoms. The zero-order valence-electron chi connectivity index (χ0n) is 16.2. The molecule has 0 aliphatic carbocycles. The first-order chi connectivity index (χ1) is 13.5. The molecule has 5 nitrogen and oxygen atoms in total. The van der Waals surface area contributed by atoms with Crippen molar-refractivity contribution in [3.05, 3.63) is 58.5 Å². The van der Waals surface area contributed by atoms with Gasteiger partial charge >= 0.3 is 0 Å². The average molecular weight is 397 g/mol. The highest BCUT2D eigenvalue weighted by atomic mass is 32.2. The third-order valence-electron chi connectivity index (χ3n) is 4.33. The lowest BCUT2D eigenvalue weighted by Crippen LogP contribution is -2.26. The summed E-state index contributed by atoms with van der Waals surface area (Å²) in [6, 6.07) is 12.9. The van der Waals surface area contributed by atoms with Gasteiger partial charge in [-0.2, -0.15) is 0 Å². The number of hydrogen-bond acceptors (Lipinski definition) is 4.